The van der Waals surface area contributed by atoms with Gasteiger partial charge in [0.05, 0.1) is 24.8 Å². The molecule has 4 heterocycles. The standard InChI is InChI=1S/C22H25N5O/c1-19-7-8-22(28-19)17-26(12-4-11-25-14-10-24-18-25)16-21-6-3-13-27(21)20-5-2-9-23-15-20/h2-3,5-10,13-15,18H,4,11-12,16-17H2,1H3. The minimum absolute atomic E-state index is 0.788. The molecule has 0 aliphatic rings. The van der Waals surface area contributed by atoms with Crippen LogP contribution in [0.25, 0.3) is 5.69 Å². The first kappa shape index (κ1) is 18.3. The molecule has 0 spiro atoms. The average Bonchev–Trinajstić information content (AvgIpc) is 3.45. The fourth-order valence-corrected chi connectivity index (χ4v) is 3.42. The monoisotopic (exact) mass is 375 g/mol. The van der Waals surface area contributed by atoms with E-state index in [9.17, 15) is 0 Å². The van der Waals surface area contributed by atoms with Crippen LogP contribution in [-0.4, -0.2) is 30.5 Å². The summed E-state index contributed by atoms with van der Waals surface area (Å²) < 4.78 is 10.1. The first-order chi connectivity index (χ1) is 13.8. The van der Waals surface area contributed by atoms with Gasteiger partial charge in [-0.25, -0.2) is 4.98 Å². The summed E-state index contributed by atoms with van der Waals surface area (Å²) in [4.78, 5) is 10.8. The third kappa shape index (κ3) is 4.58. The molecule has 4 rings (SSSR count). The molecule has 144 valence electrons. The average molecular weight is 375 g/mol. The van der Waals surface area contributed by atoms with Crippen LogP contribution < -0.4 is 0 Å². The van der Waals surface area contributed by atoms with E-state index in [-0.39, 0.29) is 0 Å². The summed E-state index contributed by atoms with van der Waals surface area (Å²) in [6.07, 6.45) is 12.5. The van der Waals surface area contributed by atoms with Crippen molar-refractivity contribution >= 4 is 0 Å². The molecule has 0 aromatic carbocycles. The predicted octanol–water partition coefficient (Wildman–Crippen LogP) is 4.06. The highest BCUT2D eigenvalue weighted by molar-refractivity contribution is 5.32. The lowest BCUT2D eigenvalue weighted by Crippen LogP contribution is -2.25. The summed E-state index contributed by atoms with van der Waals surface area (Å²) in [5.74, 6) is 1.95. The number of aromatic nitrogens is 4. The Balaban J connectivity index is 1.47. The molecule has 4 aromatic heterocycles. The number of imidazole rings is 1. The van der Waals surface area contributed by atoms with Gasteiger partial charge in [0.1, 0.15) is 11.5 Å². The molecule has 28 heavy (non-hydrogen) atoms. The Morgan fingerprint density at radius 3 is 2.71 bits per heavy atom. The summed E-state index contributed by atoms with van der Waals surface area (Å²) in [6.45, 7) is 5.54. The fraction of sp³-hybridized carbons (Fsp3) is 0.273. The molecule has 0 atom stereocenters. The summed E-state index contributed by atoms with van der Waals surface area (Å²) in [7, 11) is 0. The van der Waals surface area contributed by atoms with Gasteiger partial charge in [-0.3, -0.25) is 9.88 Å². The van der Waals surface area contributed by atoms with Gasteiger partial charge in [-0.05, 0) is 49.7 Å². The first-order valence-corrected chi connectivity index (χ1v) is 9.58. The van der Waals surface area contributed by atoms with Crippen LogP contribution in [0, 0.1) is 6.92 Å². The third-order valence-electron chi connectivity index (χ3n) is 4.77. The maximum atomic E-state index is 5.83. The molecular formula is C22H25N5O. The normalized spacial score (nSPS) is 11.4. The molecule has 4 aromatic rings. The van der Waals surface area contributed by atoms with Crippen LogP contribution >= 0.6 is 0 Å². The minimum Gasteiger partial charge on any atom is -0.465 e. The Kier molecular flexibility index (Phi) is 5.68. The second-order valence-electron chi connectivity index (χ2n) is 6.96. The van der Waals surface area contributed by atoms with Gasteiger partial charge in [-0.2, -0.15) is 0 Å². The van der Waals surface area contributed by atoms with E-state index in [1.807, 2.05) is 44.0 Å². The van der Waals surface area contributed by atoms with E-state index in [1.165, 1.54) is 5.69 Å². The lowest BCUT2D eigenvalue weighted by Gasteiger charge is -2.22. The highest BCUT2D eigenvalue weighted by atomic mass is 16.3. The van der Waals surface area contributed by atoms with Crippen molar-refractivity contribution in [1.82, 2.24) is 24.0 Å². The molecule has 0 radical (unpaired) electrons. The van der Waals surface area contributed by atoms with Crippen molar-refractivity contribution in [3.05, 3.63) is 90.9 Å². The van der Waals surface area contributed by atoms with Crippen molar-refractivity contribution in [2.75, 3.05) is 6.54 Å². The molecule has 0 bridgehead atoms. The van der Waals surface area contributed by atoms with Crippen molar-refractivity contribution in [2.45, 2.75) is 33.0 Å². The second-order valence-corrected chi connectivity index (χ2v) is 6.96. The minimum atomic E-state index is 0.788. The van der Waals surface area contributed by atoms with E-state index in [2.05, 4.69) is 54.5 Å². The number of furan rings is 1. The molecule has 0 amide bonds. The number of hydrogen-bond acceptors (Lipinski definition) is 4. The van der Waals surface area contributed by atoms with Crippen LogP contribution in [-0.2, 0) is 19.6 Å². The van der Waals surface area contributed by atoms with Crippen molar-refractivity contribution in [2.24, 2.45) is 0 Å². The molecule has 0 N–H and O–H groups in total. The molecule has 6 nitrogen and oxygen atoms in total. The van der Waals surface area contributed by atoms with E-state index in [4.69, 9.17) is 4.42 Å². The maximum absolute atomic E-state index is 5.83. The van der Waals surface area contributed by atoms with E-state index in [1.54, 1.807) is 6.20 Å². The van der Waals surface area contributed by atoms with Crippen LogP contribution in [0.1, 0.15) is 23.6 Å². The zero-order chi connectivity index (χ0) is 19.2. The molecule has 0 aliphatic carbocycles. The fourth-order valence-electron chi connectivity index (χ4n) is 3.42. The Bertz CT molecular complexity index is 971. The smallest absolute Gasteiger partial charge is 0.118 e. The summed E-state index contributed by atoms with van der Waals surface area (Å²) in [5, 5.41) is 0. The van der Waals surface area contributed by atoms with Crippen LogP contribution in [0.15, 0.2) is 78.1 Å². The van der Waals surface area contributed by atoms with Gasteiger partial charge in [0.15, 0.2) is 0 Å². The van der Waals surface area contributed by atoms with Crippen molar-refractivity contribution in [3.8, 4) is 5.69 Å². The van der Waals surface area contributed by atoms with Crippen molar-refractivity contribution < 1.29 is 4.42 Å². The first-order valence-electron chi connectivity index (χ1n) is 9.58. The predicted molar refractivity (Wildman–Crippen MR) is 108 cm³/mol. The Hall–Kier alpha value is -3.12. The van der Waals surface area contributed by atoms with Gasteiger partial charge in [-0.1, -0.05) is 0 Å². The van der Waals surface area contributed by atoms with Gasteiger partial charge in [0.25, 0.3) is 0 Å². The highest BCUT2D eigenvalue weighted by Crippen LogP contribution is 2.17. The lowest BCUT2D eigenvalue weighted by atomic mass is 10.3. The largest absolute Gasteiger partial charge is 0.465 e. The number of hydrogen-bond donors (Lipinski definition) is 0. The number of aryl methyl sites for hydroxylation is 2. The van der Waals surface area contributed by atoms with Gasteiger partial charge in [0.2, 0.25) is 0 Å². The van der Waals surface area contributed by atoms with E-state index in [0.717, 1.165) is 49.8 Å². The van der Waals surface area contributed by atoms with Gasteiger partial charge in [-0.15, -0.1) is 0 Å². The maximum Gasteiger partial charge on any atom is 0.118 e. The molecule has 6 heteroatoms. The van der Waals surface area contributed by atoms with Crippen LogP contribution in [0.2, 0.25) is 0 Å². The number of nitrogens with zero attached hydrogens (tertiary/aromatic N) is 5. The van der Waals surface area contributed by atoms with Gasteiger partial charge >= 0.3 is 0 Å². The molecule has 0 fully saturated rings. The Labute approximate surface area is 165 Å². The van der Waals surface area contributed by atoms with E-state index < -0.39 is 0 Å². The van der Waals surface area contributed by atoms with Crippen LogP contribution in [0.4, 0.5) is 0 Å². The second kappa shape index (κ2) is 8.71. The number of rotatable bonds is 9. The summed E-state index contributed by atoms with van der Waals surface area (Å²) >= 11 is 0. The van der Waals surface area contributed by atoms with Gasteiger partial charge in [0, 0.05) is 50.1 Å². The third-order valence-corrected chi connectivity index (χ3v) is 4.77. The Morgan fingerprint density at radius 1 is 1.00 bits per heavy atom. The quantitative estimate of drug-likeness (QED) is 0.443. The van der Waals surface area contributed by atoms with Crippen molar-refractivity contribution in [1.29, 1.82) is 0 Å². The molecule has 0 saturated carbocycles. The van der Waals surface area contributed by atoms with Crippen molar-refractivity contribution in [3.63, 3.8) is 0 Å². The molecule has 0 unspecified atom stereocenters. The Morgan fingerprint density at radius 2 is 1.96 bits per heavy atom. The zero-order valence-corrected chi connectivity index (χ0v) is 16.1. The molecular weight excluding hydrogens is 350 g/mol. The SMILES string of the molecule is Cc1ccc(CN(CCCn2ccnc2)Cc2cccn2-c2cccnc2)o1. The van der Waals surface area contributed by atoms with Crippen LogP contribution in [0.3, 0.4) is 0 Å². The molecule has 0 saturated heterocycles. The van der Waals surface area contributed by atoms with E-state index >= 15 is 0 Å². The van der Waals surface area contributed by atoms with E-state index in [0.29, 0.717) is 0 Å². The lowest BCUT2D eigenvalue weighted by molar-refractivity contribution is 0.224. The summed E-state index contributed by atoms with van der Waals surface area (Å²) in [6, 6.07) is 12.4. The number of pyridine rings is 1. The highest BCUT2D eigenvalue weighted by Gasteiger charge is 2.13. The summed E-state index contributed by atoms with van der Waals surface area (Å²) in [5.41, 5.74) is 2.31. The zero-order valence-electron chi connectivity index (χ0n) is 16.1. The molecule has 0 aliphatic heterocycles. The van der Waals surface area contributed by atoms with Gasteiger partial charge < -0.3 is 13.6 Å². The van der Waals surface area contributed by atoms with Crippen LogP contribution in [0.5, 0.6) is 0 Å². The topological polar surface area (TPSA) is 52.0 Å².